The fourth-order valence-electron chi connectivity index (χ4n) is 2.35. The van der Waals surface area contributed by atoms with Gasteiger partial charge in [0.25, 0.3) is 0 Å². The van der Waals surface area contributed by atoms with Gasteiger partial charge in [-0.2, -0.15) is 11.8 Å². The Kier molecular flexibility index (Phi) is 4.47. The van der Waals surface area contributed by atoms with Crippen LogP contribution in [0.15, 0.2) is 70.7 Å². The molecule has 1 nitrogen and oxygen atoms in total. The molecular formula is C18H16ClNS. The van der Waals surface area contributed by atoms with E-state index in [4.69, 9.17) is 11.6 Å². The largest absolute Gasteiger partial charge is 0.279 e. The lowest BCUT2D eigenvalue weighted by Gasteiger charge is -2.04. The number of aliphatic imine (C=N–C) groups is 1. The van der Waals surface area contributed by atoms with Gasteiger partial charge in [0, 0.05) is 11.5 Å². The zero-order chi connectivity index (χ0) is 14.7. The number of fused-ring (bicyclic) bond motifs is 1. The third-order valence-corrected chi connectivity index (χ3v) is 4.75. The second-order valence-electron chi connectivity index (χ2n) is 5.08. The molecule has 2 aromatic rings. The van der Waals surface area contributed by atoms with Crippen LogP contribution in [0.4, 0.5) is 0 Å². The summed E-state index contributed by atoms with van der Waals surface area (Å²) in [6.07, 6.45) is 2.06. The fourth-order valence-corrected chi connectivity index (χ4v) is 3.42. The minimum absolute atomic E-state index is 0.532. The summed E-state index contributed by atoms with van der Waals surface area (Å²) >= 11 is 7.77. The van der Waals surface area contributed by atoms with E-state index in [-0.39, 0.29) is 0 Å². The monoisotopic (exact) mass is 313 g/mol. The van der Waals surface area contributed by atoms with Gasteiger partial charge in [0.15, 0.2) is 0 Å². The normalized spacial score (nSPS) is 14.1. The molecule has 0 radical (unpaired) electrons. The van der Waals surface area contributed by atoms with Crippen LogP contribution in [0.1, 0.15) is 5.56 Å². The third-order valence-electron chi connectivity index (χ3n) is 3.44. The second kappa shape index (κ2) is 6.50. The van der Waals surface area contributed by atoms with Gasteiger partial charge in [-0.05, 0) is 28.0 Å². The first-order valence-corrected chi connectivity index (χ1v) is 8.40. The number of rotatable bonds is 5. The SMILES string of the molecule is C=C(Cl)C1=NCC(CSCc2ccc3ccccc3c2)=C1. The molecule has 0 fully saturated rings. The molecular weight excluding hydrogens is 298 g/mol. The highest BCUT2D eigenvalue weighted by molar-refractivity contribution is 7.98. The fraction of sp³-hybridized carbons (Fsp3) is 0.167. The van der Waals surface area contributed by atoms with Gasteiger partial charge >= 0.3 is 0 Å². The van der Waals surface area contributed by atoms with E-state index < -0.39 is 0 Å². The Bertz CT molecular complexity index is 746. The molecule has 3 heteroatoms. The molecule has 0 amide bonds. The number of hydrogen-bond acceptors (Lipinski definition) is 2. The van der Waals surface area contributed by atoms with Crippen LogP contribution in [0.2, 0.25) is 0 Å². The molecule has 106 valence electrons. The van der Waals surface area contributed by atoms with Crippen molar-refractivity contribution in [1.29, 1.82) is 0 Å². The standard InChI is InChI=1S/C18H16ClNS/c1-13(19)18-9-15(10-20-18)12-21-11-14-6-7-16-4-2-3-5-17(16)8-14/h2-9H,1,10-12H2. The highest BCUT2D eigenvalue weighted by Gasteiger charge is 2.09. The van der Waals surface area contributed by atoms with E-state index in [0.29, 0.717) is 5.03 Å². The van der Waals surface area contributed by atoms with Crippen molar-refractivity contribution in [3.8, 4) is 0 Å². The molecule has 3 rings (SSSR count). The van der Waals surface area contributed by atoms with Gasteiger partial charge in [-0.1, -0.05) is 60.6 Å². The van der Waals surface area contributed by atoms with Crippen LogP contribution < -0.4 is 0 Å². The molecule has 0 N–H and O–H groups in total. The molecule has 1 aliphatic rings. The predicted octanol–water partition coefficient (Wildman–Crippen LogP) is 5.21. The number of benzene rings is 2. The van der Waals surface area contributed by atoms with Crippen LogP contribution >= 0.6 is 23.4 Å². The summed E-state index contributed by atoms with van der Waals surface area (Å²) in [5.41, 5.74) is 3.51. The Morgan fingerprint density at radius 3 is 2.71 bits per heavy atom. The van der Waals surface area contributed by atoms with E-state index in [9.17, 15) is 0 Å². The molecule has 0 unspecified atom stereocenters. The quantitative estimate of drug-likeness (QED) is 0.738. The maximum absolute atomic E-state index is 5.86. The van der Waals surface area contributed by atoms with Gasteiger partial charge in [-0.15, -0.1) is 0 Å². The minimum atomic E-state index is 0.532. The molecule has 0 spiro atoms. The summed E-state index contributed by atoms with van der Waals surface area (Å²) < 4.78 is 0. The van der Waals surface area contributed by atoms with Gasteiger partial charge in [0.2, 0.25) is 0 Å². The first-order valence-electron chi connectivity index (χ1n) is 6.86. The first kappa shape index (κ1) is 14.4. The lowest BCUT2D eigenvalue weighted by molar-refractivity contribution is 1.18. The second-order valence-corrected chi connectivity index (χ2v) is 6.53. The number of thioether (sulfide) groups is 1. The van der Waals surface area contributed by atoms with Crippen LogP contribution in [-0.4, -0.2) is 18.0 Å². The van der Waals surface area contributed by atoms with Crippen molar-refractivity contribution >= 4 is 39.8 Å². The van der Waals surface area contributed by atoms with Gasteiger partial charge in [-0.25, -0.2) is 0 Å². The van der Waals surface area contributed by atoms with E-state index in [1.54, 1.807) is 0 Å². The molecule has 2 aromatic carbocycles. The Balaban J connectivity index is 1.58. The highest BCUT2D eigenvalue weighted by atomic mass is 35.5. The summed E-state index contributed by atoms with van der Waals surface area (Å²) in [6.45, 7) is 4.47. The lowest BCUT2D eigenvalue weighted by atomic mass is 10.1. The summed E-state index contributed by atoms with van der Waals surface area (Å²) in [6, 6.07) is 15.1. The van der Waals surface area contributed by atoms with E-state index in [2.05, 4.69) is 60.1 Å². The van der Waals surface area contributed by atoms with Gasteiger partial charge in [0.05, 0.1) is 17.3 Å². The van der Waals surface area contributed by atoms with Crippen molar-refractivity contribution in [3.63, 3.8) is 0 Å². The van der Waals surface area contributed by atoms with Crippen LogP contribution in [-0.2, 0) is 5.75 Å². The molecule has 0 aromatic heterocycles. The lowest BCUT2D eigenvalue weighted by Crippen LogP contribution is -1.90. The van der Waals surface area contributed by atoms with Crippen LogP contribution in [0.25, 0.3) is 10.8 Å². The summed E-state index contributed by atoms with van der Waals surface area (Å²) in [7, 11) is 0. The molecule has 1 heterocycles. The van der Waals surface area contributed by atoms with Crippen LogP contribution in [0.5, 0.6) is 0 Å². The molecule has 0 aliphatic carbocycles. The van der Waals surface area contributed by atoms with Crippen LogP contribution in [0.3, 0.4) is 0 Å². The van der Waals surface area contributed by atoms with Crippen molar-refractivity contribution in [2.45, 2.75) is 5.75 Å². The topological polar surface area (TPSA) is 12.4 Å². The molecule has 0 bridgehead atoms. The van der Waals surface area contributed by atoms with Crippen molar-refractivity contribution < 1.29 is 0 Å². The van der Waals surface area contributed by atoms with Gasteiger partial charge < -0.3 is 0 Å². The molecule has 0 atom stereocenters. The maximum atomic E-state index is 5.86. The van der Waals surface area contributed by atoms with Crippen molar-refractivity contribution in [2.75, 3.05) is 12.3 Å². The number of hydrogen-bond donors (Lipinski definition) is 0. The van der Waals surface area contributed by atoms with E-state index in [0.717, 1.165) is 23.8 Å². The summed E-state index contributed by atoms with van der Waals surface area (Å²) in [4.78, 5) is 4.36. The Hall–Kier alpha value is -1.51. The predicted molar refractivity (Wildman–Crippen MR) is 95.5 cm³/mol. The Labute approximate surface area is 134 Å². The minimum Gasteiger partial charge on any atom is -0.279 e. The average Bonchev–Trinajstić information content (AvgIpc) is 2.96. The maximum Gasteiger partial charge on any atom is 0.0758 e. The summed E-state index contributed by atoms with van der Waals surface area (Å²) in [5.74, 6) is 2.00. The molecule has 21 heavy (non-hydrogen) atoms. The zero-order valence-corrected chi connectivity index (χ0v) is 13.3. The first-order chi connectivity index (χ1) is 10.2. The molecule has 0 saturated carbocycles. The van der Waals surface area contributed by atoms with E-state index in [1.165, 1.54) is 21.9 Å². The third kappa shape index (κ3) is 3.58. The zero-order valence-electron chi connectivity index (χ0n) is 11.7. The molecule has 1 aliphatic heterocycles. The average molecular weight is 314 g/mol. The number of nitrogens with zero attached hydrogens (tertiary/aromatic N) is 1. The number of halogens is 1. The molecule has 0 saturated heterocycles. The highest BCUT2D eigenvalue weighted by Crippen LogP contribution is 2.22. The van der Waals surface area contributed by atoms with Crippen molar-refractivity contribution in [1.82, 2.24) is 0 Å². The summed E-state index contributed by atoms with van der Waals surface area (Å²) in [5, 5.41) is 3.13. The Morgan fingerprint density at radius 2 is 1.95 bits per heavy atom. The van der Waals surface area contributed by atoms with E-state index in [1.807, 2.05) is 11.8 Å². The van der Waals surface area contributed by atoms with Crippen LogP contribution in [0, 0.1) is 0 Å². The van der Waals surface area contributed by atoms with Crippen molar-refractivity contribution in [2.24, 2.45) is 4.99 Å². The van der Waals surface area contributed by atoms with Crippen molar-refractivity contribution in [3.05, 3.63) is 71.3 Å². The smallest absolute Gasteiger partial charge is 0.0758 e. The number of allylic oxidation sites excluding steroid dienone is 2. The Morgan fingerprint density at radius 1 is 1.14 bits per heavy atom. The van der Waals surface area contributed by atoms with Gasteiger partial charge in [0.1, 0.15) is 0 Å². The van der Waals surface area contributed by atoms with E-state index >= 15 is 0 Å². The van der Waals surface area contributed by atoms with Gasteiger partial charge in [-0.3, -0.25) is 4.99 Å².